The van der Waals surface area contributed by atoms with E-state index in [-0.39, 0.29) is 37.4 Å². The minimum absolute atomic E-state index is 0. The molecule has 0 amide bonds. The molecule has 1 aliphatic rings. The standard InChI is InChI=1S/C36H29FN3S.C22H30NSi.Ir/c1-21(2)25-9-7-10-26(22(3)4)33(25)40-32-14-6-5-13-31(32)38-35(40)29-12-8-11-27-28-19-20-30(39-36(28)41-34(27)29)23-15-17-24(37)18-16-23;1-17-10-12-19(13-11-17)21-15-20(14-18-8-6-5-7-9-18)22(16-23-21)24(2,3)4;/h5-11,13-22H,1-4H3;10-12,15-16,18H,5-9,14H2,1-4H3;/q2*-1;/i;1D3,14D2;. The summed E-state index contributed by atoms with van der Waals surface area (Å²) in [5.74, 6) is 1.35. The average molecular weight is 1090 g/mol. The zero-order valence-corrected chi connectivity index (χ0v) is 42.9. The number of hydrogen-bond donors (Lipinski definition) is 0. The van der Waals surface area contributed by atoms with Gasteiger partial charge in [-0.05, 0) is 98.7 Å². The van der Waals surface area contributed by atoms with Gasteiger partial charge in [-0.15, -0.1) is 53.6 Å². The molecule has 0 atom stereocenters. The van der Waals surface area contributed by atoms with Crippen molar-refractivity contribution in [3.05, 3.63) is 162 Å². The van der Waals surface area contributed by atoms with Crippen LogP contribution in [0.3, 0.4) is 0 Å². The molecule has 9 aromatic rings. The van der Waals surface area contributed by atoms with E-state index in [1.54, 1.807) is 35.6 Å². The van der Waals surface area contributed by atoms with Crippen molar-refractivity contribution in [1.29, 1.82) is 0 Å². The fourth-order valence-electron chi connectivity index (χ4n) is 9.13. The normalized spacial score (nSPS) is 14.9. The van der Waals surface area contributed by atoms with E-state index < -0.39 is 21.3 Å². The molecule has 1 radical (unpaired) electrons. The topological polar surface area (TPSA) is 43.6 Å². The number of aromatic nitrogens is 4. The van der Waals surface area contributed by atoms with E-state index >= 15 is 0 Å². The number of pyridine rings is 2. The van der Waals surface area contributed by atoms with Gasteiger partial charge in [0.2, 0.25) is 0 Å². The first-order chi connectivity index (χ1) is 33.3. The van der Waals surface area contributed by atoms with E-state index in [2.05, 4.69) is 118 Å². The van der Waals surface area contributed by atoms with Gasteiger partial charge in [-0.25, -0.2) is 9.37 Å². The van der Waals surface area contributed by atoms with Gasteiger partial charge in [0, 0.05) is 44.4 Å². The summed E-state index contributed by atoms with van der Waals surface area (Å²) in [6.07, 6.45) is 5.68. The predicted molar refractivity (Wildman–Crippen MR) is 276 cm³/mol. The van der Waals surface area contributed by atoms with E-state index in [1.165, 1.54) is 41.4 Å². The number of nitrogens with zero attached hydrogens (tertiary/aromatic N) is 4. The van der Waals surface area contributed by atoms with Crippen LogP contribution in [0.2, 0.25) is 19.6 Å². The number of benzene rings is 5. The molecular formula is C58H59FIrN4SSi-2. The van der Waals surface area contributed by atoms with Crippen LogP contribution in [0.5, 0.6) is 0 Å². The number of para-hydroxylation sites is 3. The summed E-state index contributed by atoms with van der Waals surface area (Å²) in [6, 6.07) is 43.1. The van der Waals surface area contributed by atoms with Gasteiger partial charge in [0.05, 0.1) is 30.6 Å². The van der Waals surface area contributed by atoms with Gasteiger partial charge in [-0.3, -0.25) is 4.98 Å². The van der Waals surface area contributed by atoms with Gasteiger partial charge >= 0.3 is 0 Å². The number of hydrogen-bond acceptors (Lipinski definition) is 4. The third kappa shape index (κ3) is 9.80. The molecule has 4 nitrogen and oxygen atoms in total. The minimum atomic E-state index is -2.16. The average Bonchev–Trinajstić information content (AvgIpc) is 3.92. The first-order valence-corrected chi connectivity index (χ1v) is 27.3. The van der Waals surface area contributed by atoms with Crippen LogP contribution in [0.15, 0.2) is 121 Å². The van der Waals surface area contributed by atoms with Crippen molar-refractivity contribution in [3.8, 4) is 39.6 Å². The second kappa shape index (κ2) is 20.0. The summed E-state index contributed by atoms with van der Waals surface area (Å²) >= 11 is 1.66. The Labute approximate surface area is 416 Å². The van der Waals surface area contributed by atoms with E-state index in [4.69, 9.17) is 16.8 Å². The summed E-state index contributed by atoms with van der Waals surface area (Å²) in [5, 5.41) is 3.30. The molecule has 4 heterocycles. The van der Waals surface area contributed by atoms with Gasteiger partial charge in [-0.1, -0.05) is 145 Å². The largest absolute Gasteiger partial charge is 0.333 e. The molecule has 5 aromatic carbocycles. The summed E-state index contributed by atoms with van der Waals surface area (Å²) in [6.45, 7) is 13.5. The van der Waals surface area contributed by atoms with Crippen LogP contribution in [0, 0.1) is 30.7 Å². The second-order valence-electron chi connectivity index (χ2n) is 18.9. The van der Waals surface area contributed by atoms with Crippen molar-refractivity contribution in [3.63, 3.8) is 0 Å². The van der Waals surface area contributed by atoms with Crippen LogP contribution in [-0.4, -0.2) is 27.6 Å². The van der Waals surface area contributed by atoms with Crippen molar-refractivity contribution in [1.82, 2.24) is 19.5 Å². The Hall–Kier alpha value is -5.11. The number of halogens is 1. The summed E-state index contributed by atoms with van der Waals surface area (Å²) < 4.78 is 57.7. The molecule has 4 aromatic heterocycles. The van der Waals surface area contributed by atoms with Crippen LogP contribution in [0.25, 0.3) is 70.9 Å². The number of imidazole rings is 1. The molecule has 339 valence electrons. The number of fused-ring (bicyclic) bond motifs is 4. The Kier molecular flexibility index (Phi) is 12.5. The van der Waals surface area contributed by atoms with Crippen LogP contribution in [-0.2, 0) is 26.5 Å². The van der Waals surface area contributed by atoms with Crippen molar-refractivity contribution < 1.29 is 31.3 Å². The molecule has 10 rings (SSSR count). The maximum Gasteiger partial charge on any atom is 0.123 e. The van der Waals surface area contributed by atoms with E-state index in [1.807, 2.05) is 30.5 Å². The Morgan fingerprint density at radius 1 is 0.818 bits per heavy atom. The van der Waals surface area contributed by atoms with E-state index in [0.717, 1.165) is 90.4 Å². The van der Waals surface area contributed by atoms with Crippen molar-refractivity contribution in [2.45, 2.75) is 105 Å². The molecule has 0 aliphatic heterocycles. The van der Waals surface area contributed by atoms with Gasteiger partial charge < -0.3 is 9.55 Å². The monoisotopic (exact) mass is 1090 g/mol. The molecule has 1 saturated carbocycles. The van der Waals surface area contributed by atoms with Crippen molar-refractivity contribution in [2.24, 2.45) is 5.92 Å². The van der Waals surface area contributed by atoms with Crippen LogP contribution in [0.4, 0.5) is 4.39 Å². The number of aryl methyl sites for hydroxylation is 1. The van der Waals surface area contributed by atoms with Gasteiger partial charge in [0.15, 0.2) is 0 Å². The smallest absolute Gasteiger partial charge is 0.123 e. The molecule has 0 saturated heterocycles. The number of thiophene rings is 1. The molecular weight excluding hydrogens is 1020 g/mol. The van der Waals surface area contributed by atoms with Gasteiger partial charge in [0.1, 0.15) is 10.6 Å². The van der Waals surface area contributed by atoms with Crippen molar-refractivity contribution in [2.75, 3.05) is 0 Å². The van der Waals surface area contributed by atoms with E-state index in [0.29, 0.717) is 23.1 Å². The molecule has 0 unspecified atom stereocenters. The van der Waals surface area contributed by atoms with Crippen LogP contribution < -0.4 is 5.19 Å². The predicted octanol–water partition coefficient (Wildman–Crippen LogP) is 15.8. The third-order valence-corrected chi connectivity index (χ3v) is 15.7. The molecule has 0 spiro atoms. The summed E-state index contributed by atoms with van der Waals surface area (Å²) in [4.78, 5) is 15.8. The van der Waals surface area contributed by atoms with E-state index in [9.17, 15) is 4.39 Å². The first kappa shape index (κ1) is 41.1. The minimum Gasteiger partial charge on any atom is -0.333 e. The molecule has 1 fully saturated rings. The Balaban J connectivity index is 0.000000200. The van der Waals surface area contributed by atoms with Crippen LogP contribution in [0.1, 0.15) is 101 Å². The summed E-state index contributed by atoms with van der Waals surface area (Å²) in [7, 11) is -1.80. The Morgan fingerprint density at radius 3 is 2.24 bits per heavy atom. The molecule has 0 bridgehead atoms. The quantitative estimate of drug-likeness (QED) is 0.107. The zero-order chi connectivity index (χ0) is 49.7. The summed E-state index contributed by atoms with van der Waals surface area (Å²) in [5.41, 5.74) is 10.9. The number of rotatable bonds is 9. The molecule has 66 heavy (non-hydrogen) atoms. The molecule has 0 N–H and O–H groups in total. The van der Waals surface area contributed by atoms with Crippen LogP contribution >= 0.6 is 11.3 Å². The fraction of sp³-hybridized carbons (Fsp3) is 0.293. The second-order valence-corrected chi connectivity index (χ2v) is 25.0. The first-order valence-electron chi connectivity index (χ1n) is 25.5. The van der Waals surface area contributed by atoms with Gasteiger partial charge in [0.25, 0.3) is 0 Å². The third-order valence-electron chi connectivity index (χ3n) is 12.6. The van der Waals surface area contributed by atoms with Crippen molar-refractivity contribution >= 4 is 55.9 Å². The Morgan fingerprint density at radius 2 is 1.56 bits per heavy atom. The fourth-order valence-corrected chi connectivity index (χ4v) is 11.7. The van der Waals surface area contributed by atoms with Gasteiger partial charge in [-0.2, -0.15) is 11.3 Å². The Bertz CT molecular complexity index is 3310. The maximum atomic E-state index is 13.5. The zero-order valence-electron chi connectivity index (χ0n) is 43.7. The molecule has 1 aliphatic carbocycles. The molecule has 8 heteroatoms. The SMILES string of the molecule is CC(C)c1cccc(C(C)C)c1-n1c(-c2[c-]ccc3c2sc2nc(-c4ccc(F)cc4)ccc23)nc2ccccc21.[2H]C([2H])([2H])c1c[c-]c(-c2cc(C([2H])([2H])C3CCCCC3)c([Si](C)(C)C)cn2)cc1.[Ir]. The maximum absolute atomic E-state index is 13.5.